The fourth-order valence-corrected chi connectivity index (χ4v) is 7.20. The van der Waals surface area contributed by atoms with Crippen molar-refractivity contribution in [3.05, 3.63) is 28.8 Å². The number of aromatic carboxylic acids is 1. The summed E-state index contributed by atoms with van der Waals surface area (Å²) >= 11 is 6.03. The fraction of sp³-hybridized carbons (Fsp3) is 0.529. The molecule has 0 saturated carbocycles. The summed E-state index contributed by atoms with van der Waals surface area (Å²) in [6, 6.07) is 2.53. The molecule has 1 aliphatic heterocycles. The van der Waals surface area contributed by atoms with Gasteiger partial charge in [-0.15, -0.1) is 0 Å². The number of benzene rings is 1. The first-order valence-electron chi connectivity index (χ1n) is 8.91. The summed E-state index contributed by atoms with van der Waals surface area (Å²) in [7, 11) is -7.64. The third-order valence-electron chi connectivity index (χ3n) is 4.65. The van der Waals surface area contributed by atoms with Crippen LogP contribution in [0.1, 0.15) is 42.5 Å². The van der Waals surface area contributed by atoms with Crippen LogP contribution < -0.4 is 0 Å². The molecule has 29 heavy (non-hydrogen) atoms. The second kappa shape index (κ2) is 9.41. The van der Waals surface area contributed by atoms with Crippen LogP contribution in [0.25, 0.3) is 0 Å². The van der Waals surface area contributed by atoms with Gasteiger partial charge in [0.15, 0.2) is 9.84 Å². The van der Waals surface area contributed by atoms with E-state index in [1.165, 1.54) is 12.1 Å². The lowest BCUT2D eigenvalue weighted by atomic mass is 10.2. The van der Waals surface area contributed by atoms with E-state index in [4.69, 9.17) is 21.8 Å². The molecule has 0 spiro atoms. The summed E-state index contributed by atoms with van der Waals surface area (Å²) in [5.74, 6) is -2.72. The predicted octanol–water partition coefficient (Wildman–Crippen LogP) is 1.86. The number of hydrogen-bond donors (Lipinski definition) is 2. The van der Waals surface area contributed by atoms with Gasteiger partial charge in [-0.3, -0.25) is 4.79 Å². The molecule has 1 saturated heterocycles. The van der Waals surface area contributed by atoms with Gasteiger partial charge in [0.2, 0.25) is 10.0 Å². The highest BCUT2D eigenvalue weighted by Crippen LogP contribution is 2.30. The summed E-state index contributed by atoms with van der Waals surface area (Å²) < 4.78 is 51.3. The number of unbranched alkanes of at least 4 members (excludes halogenated alkanes) is 2. The number of carboxylic acid groups (broad SMARTS) is 2. The van der Waals surface area contributed by atoms with Crippen molar-refractivity contribution in [2.45, 2.75) is 43.0 Å². The molecule has 1 aromatic carbocycles. The fourth-order valence-electron chi connectivity index (χ4n) is 3.18. The molecular weight excluding hydrogens is 446 g/mol. The van der Waals surface area contributed by atoms with Crippen LogP contribution >= 0.6 is 11.6 Å². The van der Waals surface area contributed by atoms with E-state index in [1.54, 1.807) is 0 Å². The van der Waals surface area contributed by atoms with Crippen LogP contribution in [0.5, 0.6) is 0 Å². The maximum Gasteiger partial charge on any atom is 0.335 e. The maximum atomic E-state index is 13.3. The van der Waals surface area contributed by atoms with E-state index in [2.05, 4.69) is 0 Å². The molecule has 0 radical (unpaired) electrons. The number of aliphatic carboxylic acids is 1. The highest BCUT2D eigenvalue weighted by Gasteiger charge is 2.39. The van der Waals surface area contributed by atoms with Crippen LogP contribution in [-0.4, -0.2) is 67.4 Å². The molecule has 0 amide bonds. The molecule has 0 aromatic heterocycles. The summed E-state index contributed by atoms with van der Waals surface area (Å²) in [5, 5.41) is 17.7. The van der Waals surface area contributed by atoms with Crippen molar-refractivity contribution in [2.75, 3.05) is 18.1 Å². The smallest absolute Gasteiger partial charge is 0.335 e. The number of nitrogens with zero attached hydrogens (tertiary/aromatic N) is 1. The van der Waals surface area contributed by atoms with E-state index in [-0.39, 0.29) is 41.5 Å². The van der Waals surface area contributed by atoms with Crippen molar-refractivity contribution in [3.63, 3.8) is 0 Å². The highest BCUT2D eigenvalue weighted by molar-refractivity contribution is 7.92. The van der Waals surface area contributed by atoms with E-state index >= 15 is 0 Å². The minimum atomic E-state index is -4.27. The monoisotopic (exact) mass is 467 g/mol. The normalized spacial score (nSPS) is 18.8. The quantitative estimate of drug-likeness (QED) is 0.495. The largest absolute Gasteiger partial charge is 0.481 e. The lowest BCUT2D eigenvalue weighted by molar-refractivity contribution is -0.137. The van der Waals surface area contributed by atoms with E-state index < -0.39 is 42.7 Å². The van der Waals surface area contributed by atoms with Gasteiger partial charge >= 0.3 is 11.9 Å². The molecule has 1 aliphatic rings. The molecular formula is C17H22ClNO8S2. The van der Waals surface area contributed by atoms with E-state index in [0.29, 0.717) is 19.3 Å². The molecule has 0 unspecified atom stereocenters. The number of rotatable bonds is 10. The lowest BCUT2D eigenvalue weighted by Crippen LogP contribution is -2.41. The molecule has 0 bridgehead atoms. The van der Waals surface area contributed by atoms with Crippen molar-refractivity contribution in [1.82, 2.24) is 4.31 Å². The number of sulfonamides is 1. The Morgan fingerprint density at radius 3 is 2.41 bits per heavy atom. The zero-order valence-electron chi connectivity index (χ0n) is 15.5. The Kier molecular flexibility index (Phi) is 7.66. The number of hydrogen-bond acceptors (Lipinski definition) is 6. The standard InChI is InChI=1S/C17H22ClNO8S2/c18-14-6-5-12(17(22)23)10-15(14)29(26,27)19(8-3-1-2-4-16(20)21)13-7-9-28(24,25)11-13/h5-6,10,13H,1-4,7-9,11H2,(H,20,21)(H,22,23)/t13-/m1/s1. The summed E-state index contributed by atoms with van der Waals surface area (Å²) in [6.45, 7) is -0.0181. The van der Waals surface area contributed by atoms with Crippen molar-refractivity contribution in [2.24, 2.45) is 0 Å². The number of carbonyl (C=O) groups is 2. The van der Waals surface area contributed by atoms with Gasteiger partial charge in [-0.1, -0.05) is 18.0 Å². The van der Waals surface area contributed by atoms with E-state index in [1.807, 2.05) is 0 Å². The number of halogens is 1. The van der Waals surface area contributed by atoms with Gasteiger partial charge in [0.25, 0.3) is 0 Å². The van der Waals surface area contributed by atoms with Gasteiger partial charge in [-0.25, -0.2) is 21.6 Å². The van der Waals surface area contributed by atoms with Crippen LogP contribution in [-0.2, 0) is 24.7 Å². The van der Waals surface area contributed by atoms with Crippen molar-refractivity contribution >= 4 is 43.4 Å². The average Bonchev–Trinajstić information content (AvgIpc) is 2.96. The SMILES string of the molecule is O=C(O)CCCCCN([C@@H]1CCS(=O)(=O)C1)S(=O)(=O)c1cc(C(=O)O)ccc1Cl. The van der Waals surface area contributed by atoms with Gasteiger partial charge in [0.1, 0.15) is 4.90 Å². The molecule has 12 heteroatoms. The van der Waals surface area contributed by atoms with Crippen LogP contribution in [0.3, 0.4) is 0 Å². The van der Waals surface area contributed by atoms with E-state index in [9.17, 15) is 26.4 Å². The first kappa shape index (κ1) is 23.6. The first-order valence-corrected chi connectivity index (χ1v) is 12.5. The summed E-state index contributed by atoms with van der Waals surface area (Å²) in [6.07, 6.45) is 1.23. The van der Waals surface area contributed by atoms with Gasteiger partial charge in [0, 0.05) is 19.0 Å². The van der Waals surface area contributed by atoms with Crippen LogP contribution in [0.4, 0.5) is 0 Å². The number of sulfone groups is 1. The lowest BCUT2D eigenvalue weighted by Gasteiger charge is -2.28. The Labute approximate surface area is 174 Å². The molecule has 0 aliphatic carbocycles. The van der Waals surface area contributed by atoms with Crippen molar-refractivity contribution in [3.8, 4) is 0 Å². The zero-order chi connectivity index (χ0) is 21.8. The third-order valence-corrected chi connectivity index (χ3v) is 8.83. The van der Waals surface area contributed by atoms with Gasteiger partial charge in [-0.2, -0.15) is 4.31 Å². The van der Waals surface area contributed by atoms with E-state index in [0.717, 1.165) is 10.4 Å². The van der Waals surface area contributed by atoms with Crippen molar-refractivity contribution < 1.29 is 36.6 Å². The Balaban J connectivity index is 2.32. The van der Waals surface area contributed by atoms with Crippen molar-refractivity contribution in [1.29, 1.82) is 0 Å². The van der Waals surface area contributed by atoms with Gasteiger partial charge in [-0.05, 0) is 37.5 Å². The molecule has 1 atom stereocenters. The van der Waals surface area contributed by atoms with Gasteiger partial charge < -0.3 is 10.2 Å². The minimum absolute atomic E-state index is 0.0181. The Morgan fingerprint density at radius 1 is 1.17 bits per heavy atom. The second-order valence-electron chi connectivity index (χ2n) is 6.83. The molecule has 9 nitrogen and oxygen atoms in total. The molecule has 1 fully saturated rings. The third kappa shape index (κ3) is 6.14. The van der Waals surface area contributed by atoms with Gasteiger partial charge in [0.05, 0.1) is 22.1 Å². The number of carboxylic acids is 2. The predicted molar refractivity (Wildman–Crippen MR) is 105 cm³/mol. The molecule has 1 aromatic rings. The van der Waals surface area contributed by atoms with Crippen LogP contribution in [0.2, 0.25) is 5.02 Å². The first-order chi connectivity index (χ1) is 13.4. The molecule has 162 valence electrons. The summed E-state index contributed by atoms with van der Waals surface area (Å²) in [5.41, 5.74) is -0.256. The van der Waals surface area contributed by atoms with Crippen LogP contribution in [0.15, 0.2) is 23.1 Å². The minimum Gasteiger partial charge on any atom is -0.481 e. The zero-order valence-corrected chi connectivity index (χ0v) is 17.8. The molecule has 1 heterocycles. The maximum absolute atomic E-state index is 13.3. The average molecular weight is 468 g/mol. The Bertz CT molecular complexity index is 991. The second-order valence-corrected chi connectivity index (χ2v) is 11.3. The summed E-state index contributed by atoms with van der Waals surface area (Å²) in [4.78, 5) is 21.4. The highest BCUT2D eigenvalue weighted by atomic mass is 35.5. The Morgan fingerprint density at radius 2 is 1.86 bits per heavy atom. The molecule has 2 rings (SSSR count). The Hall–Kier alpha value is -1.69. The molecule has 2 N–H and O–H groups in total. The topological polar surface area (TPSA) is 146 Å². The van der Waals surface area contributed by atoms with Crippen LogP contribution in [0, 0.1) is 0 Å².